The third kappa shape index (κ3) is 3.77. The van der Waals surface area contributed by atoms with Gasteiger partial charge in [0.25, 0.3) is 5.56 Å². The first kappa shape index (κ1) is 18.9. The molecule has 8 heteroatoms. The normalized spacial score (nSPS) is 14.2. The Morgan fingerprint density at radius 1 is 1.21 bits per heavy atom. The highest BCUT2D eigenvalue weighted by molar-refractivity contribution is 5.77. The number of aromatic nitrogens is 4. The summed E-state index contributed by atoms with van der Waals surface area (Å²) in [5.41, 5.74) is 1.42. The number of piperazine rings is 1. The quantitative estimate of drug-likeness (QED) is 0.659. The molecule has 0 saturated carbocycles. The Balaban J connectivity index is 1.64. The maximum atomic E-state index is 12.6. The second-order valence-corrected chi connectivity index (χ2v) is 7.21. The number of anilines is 3. The first-order valence-corrected chi connectivity index (χ1v) is 9.64. The molecule has 0 atom stereocenters. The highest BCUT2D eigenvalue weighted by Gasteiger charge is 2.14. The van der Waals surface area contributed by atoms with E-state index in [1.807, 2.05) is 26.0 Å². The van der Waals surface area contributed by atoms with Gasteiger partial charge in [-0.1, -0.05) is 5.92 Å². The molecule has 0 amide bonds. The van der Waals surface area contributed by atoms with Crippen LogP contribution in [0.1, 0.15) is 25.5 Å². The third-order valence-corrected chi connectivity index (χ3v) is 4.89. The van der Waals surface area contributed by atoms with Gasteiger partial charge in [0.05, 0.1) is 17.4 Å². The molecule has 0 radical (unpaired) electrons. The number of nitrogens with zero attached hydrogens (tertiary/aromatic N) is 5. The molecule has 2 N–H and O–H groups in total. The van der Waals surface area contributed by atoms with Crippen LogP contribution in [0.4, 0.5) is 17.5 Å². The van der Waals surface area contributed by atoms with E-state index < -0.39 is 0 Å². The Bertz CT molecular complexity index is 1120. The van der Waals surface area contributed by atoms with Gasteiger partial charge in [-0.25, -0.2) is 9.97 Å². The zero-order valence-corrected chi connectivity index (χ0v) is 16.5. The summed E-state index contributed by atoms with van der Waals surface area (Å²) in [5, 5.41) is 7.23. The summed E-state index contributed by atoms with van der Waals surface area (Å²) in [4.78, 5) is 28.4. The molecule has 3 aromatic heterocycles. The predicted molar refractivity (Wildman–Crippen MR) is 115 cm³/mol. The Labute approximate surface area is 169 Å². The van der Waals surface area contributed by atoms with Gasteiger partial charge in [0.2, 0.25) is 5.95 Å². The molecule has 29 heavy (non-hydrogen) atoms. The van der Waals surface area contributed by atoms with Crippen molar-refractivity contribution in [3.05, 3.63) is 46.5 Å². The van der Waals surface area contributed by atoms with Crippen LogP contribution in [0.25, 0.3) is 11.0 Å². The maximum absolute atomic E-state index is 12.6. The van der Waals surface area contributed by atoms with E-state index in [2.05, 4.69) is 36.4 Å². The van der Waals surface area contributed by atoms with E-state index in [0.717, 1.165) is 43.1 Å². The van der Waals surface area contributed by atoms with Crippen LogP contribution < -0.4 is 21.1 Å². The van der Waals surface area contributed by atoms with Crippen molar-refractivity contribution in [1.82, 2.24) is 24.8 Å². The number of rotatable bonds is 4. The van der Waals surface area contributed by atoms with Crippen molar-refractivity contribution < 1.29 is 0 Å². The van der Waals surface area contributed by atoms with Crippen molar-refractivity contribution in [2.75, 3.05) is 36.4 Å². The molecule has 8 nitrogen and oxygen atoms in total. The van der Waals surface area contributed by atoms with Crippen molar-refractivity contribution in [2.24, 2.45) is 0 Å². The lowest BCUT2D eigenvalue weighted by Crippen LogP contribution is -2.43. The van der Waals surface area contributed by atoms with Crippen LogP contribution in [-0.2, 0) is 0 Å². The van der Waals surface area contributed by atoms with E-state index in [1.165, 1.54) is 0 Å². The van der Waals surface area contributed by atoms with Gasteiger partial charge in [-0.3, -0.25) is 9.36 Å². The first-order valence-electron chi connectivity index (χ1n) is 9.64. The highest BCUT2D eigenvalue weighted by atomic mass is 16.1. The molecule has 3 aromatic rings. The van der Waals surface area contributed by atoms with E-state index in [1.54, 1.807) is 23.0 Å². The molecular formula is C21H23N7O. The van der Waals surface area contributed by atoms with Crippen LogP contribution in [0.3, 0.4) is 0 Å². The molecule has 0 aliphatic carbocycles. The maximum Gasteiger partial charge on any atom is 0.268 e. The van der Waals surface area contributed by atoms with E-state index in [9.17, 15) is 4.79 Å². The standard InChI is InChI=1S/C21H23N7O/c1-4-15-11-16-12-24-21(26-19(16)28(14(2)3)20(15)29)25-17-5-6-18(23-13-17)27-9-7-22-8-10-27/h1,5-6,11-14,22H,7-10H2,2-3H3,(H,24,25,26). The molecule has 1 aliphatic heterocycles. The molecule has 0 bridgehead atoms. The first-order chi connectivity index (χ1) is 14.1. The van der Waals surface area contributed by atoms with E-state index in [-0.39, 0.29) is 11.6 Å². The van der Waals surface area contributed by atoms with E-state index >= 15 is 0 Å². The molecular weight excluding hydrogens is 366 g/mol. The SMILES string of the molecule is C#Cc1cc2cnc(Nc3ccc(N4CCNCC4)nc3)nc2n(C(C)C)c1=O. The van der Waals surface area contributed by atoms with Gasteiger partial charge in [0.15, 0.2) is 0 Å². The Kier molecular flexibility index (Phi) is 5.14. The number of fused-ring (bicyclic) bond motifs is 1. The van der Waals surface area contributed by atoms with Crippen molar-refractivity contribution in [2.45, 2.75) is 19.9 Å². The minimum atomic E-state index is -0.221. The van der Waals surface area contributed by atoms with E-state index in [0.29, 0.717) is 17.2 Å². The second kappa shape index (κ2) is 7.89. The summed E-state index contributed by atoms with van der Waals surface area (Å²) < 4.78 is 1.60. The van der Waals surface area contributed by atoms with Gasteiger partial charge in [0, 0.05) is 43.8 Å². The fourth-order valence-electron chi connectivity index (χ4n) is 3.43. The average molecular weight is 389 g/mol. The summed E-state index contributed by atoms with van der Waals surface area (Å²) in [6.45, 7) is 7.67. The zero-order valence-electron chi connectivity index (χ0n) is 16.5. The van der Waals surface area contributed by atoms with Crippen LogP contribution in [0.15, 0.2) is 35.4 Å². The molecule has 4 heterocycles. The van der Waals surface area contributed by atoms with Crippen molar-refractivity contribution in [3.8, 4) is 12.3 Å². The Hall–Kier alpha value is -3.44. The summed E-state index contributed by atoms with van der Waals surface area (Å²) in [6, 6.07) is 5.51. The fraction of sp³-hybridized carbons (Fsp3) is 0.333. The third-order valence-electron chi connectivity index (χ3n) is 4.89. The van der Waals surface area contributed by atoms with Crippen LogP contribution in [0.2, 0.25) is 0 Å². The van der Waals surface area contributed by atoms with Crippen molar-refractivity contribution in [1.29, 1.82) is 0 Å². The summed E-state index contributed by atoms with van der Waals surface area (Å²) in [5.74, 6) is 3.80. The molecule has 4 rings (SSSR count). The zero-order chi connectivity index (χ0) is 20.4. The topological polar surface area (TPSA) is 88.0 Å². The van der Waals surface area contributed by atoms with Gasteiger partial charge < -0.3 is 15.5 Å². The number of hydrogen-bond acceptors (Lipinski definition) is 7. The van der Waals surface area contributed by atoms with Crippen LogP contribution >= 0.6 is 0 Å². The van der Waals surface area contributed by atoms with Crippen LogP contribution in [0.5, 0.6) is 0 Å². The number of hydrogen-bond donors (Lipinski definition) is 2. The molecule has 1 saturated heterocycles. The van der Waals surface area contributed by atoms with Gasteiger partial charge in [-0.05, 0) is 32.0 Å². The monoisotopic (exact) mass is 389 g/mol. The molecule has 0 aromatic carbocycles. The lowest BCUT2D eigenvalue weighted by Gasteiger charge is -2.28. The Morgan fingerprint density at radius 2 is 2.00 bits per heavy atom. The van der Waals surface area contributed by atoms with Crippen molar-refractivity contribution in [3.63, 3.8) is 0 Å². The molecule has 0 spiro atoms. The molecule has 148 valence electrons. The lowest BCUT2D eigenvalue weighted by atomic mass is 10.2. The summed E-state index contributed by atoms with van der Waals surface area (Å²) in [7, 11) is 0. The molecule has 1 fully saturated rings. The largest absolute Gasteiger partial charge is 0.354 e. The van der Waals surface area contributed by atoms with Crippen LogP contribution in [-0.4, -0.2) is 45.7 Å². The van der Waals surface area contributed by atoms with Gasteiger partial charge in [0.1, 0.15) is 11.5 Å². The minimum Gasteiger partial charge on any atom is -0.354 e. The minimum absolute atomic E-state index is 0.0824. The number of pyridine rings is 2. The molecule has 1 aliphatic rings. The number of terminal acetylenes is 1. The van der Waals surface area contributed by atoms with Gasteiger partial charge in [-0.2, -0.15) is 4.98 Å². The Morgan fingerprint density at radius 3 is 2.66 bits per heavy atom. The fourth-order valence-corrected chi connectivity index (χ4v) is 3.43. The van der Waals surface area contributed by atoms with Crippen LogP contribution in [0, 0.1) is 12.3 Å². The lowest BCUT2D eigenvalue weighted by molar-refractivity contribution is 0.585. The van der Waals surface area contributed by atoms with Crippen molar-refractivity contribution >= 4 is 28.5 Å². The van der Waals surface area contributed by atoms with Gasteiger partial charge in [-0.15, -0.1) is 6.42 Å². The second-order valence-electron chi connectivity index (χ2n) is 7.21. The average Bonchev–Trinajstić information content (AvgIpc) is 2.74. The smallest absolute Gasteiger partial charge is 0.268 e. The summed E-state index contributed by atoms with van der Waals surface area (Å²) in [6.07, 6.45) is 8.92. The highest BCUT2D eigenvalue weighted by Crippen LogP contribution is 2.20. The molecule has 0 unspecified atom stereocenters. The van der Waals surface area contributed by atoms with Gasteiger partial charge >= 0.3 is 0 Å². The summed E-state index contributed by atoms with van der Waals surface area (Å²) >= 11 is 0. The van der Waals surface area contributed by atoms with E-state index in [4.69, 9.17) is 6.42 Å². The predicted octanol–water partition coefficient (Wildman–Crippen LogP) is 1.90. The number of nitrogens with one attached hydrogen (secondary N) is 2.